The lowest BCUT2D eigenvalue weighted by molar-refractivity contribution is 0.462. The van der Waals surface area contributed by atoms with E-state index in [4.69, 9.17) is 10.2 Å². The Kier molecular flexibility index (Phi) is 3.88. The lowest BCUT2D eigenvalue weighted by Crippen LogP contribution is -1.98. The van der Waals surface area contributed by atoms with Gasteiger partial charge in [0.25, 0.3) is 0 Å². The van der Waals surface area contributed by atoms with Crippen LogP contribution >= 0.6 is 0 Å². The highest BCUT2D eigenvalue weighted by Gasteiger charge is 1.98. The summed E-state index contributed by atoms with van der Waals surface area (Å²) >= 11 is 0. The lowest BCUT2D eigenvalue weighted by atomic mass is 10.2. The third kappa shape index (κ3) is 2.70. The van der Waals surface area contributed by atoms with Crippen LogP contribution in [0.2, 0.25) is 0 Å². The number of nitrogens with two attached hydrogens (primary N) is 1. The molecule has 1 rings (SSSR count). The van der Waals surface area contributed by atoms with E-state index in [-0.39, 0.29) is 0 Å². The summed E-state index contributed by atoms with van der Waals surface area (Å²) in [6.07, 6.45) is 4.23. The van der Waals surface area contributed by atoms with Gasteiger partial charge in [-0.2, -0.15) is 0 Å². The Hall–Kier alpha value is -0.760. The molecule has 0 aliphatic carbocycles. The molecule has 0 aliphatic heterocycles. The van der Waals surface area contributed by atoms with Crippen molar-refractivity contribution >= 4 is 0 Å². The molecule has 2 N–H and O–H groups in total. The van der Waals surface area contributed by atoms with Crippen molar-refractivity contribution in [2.75, 3.05) is 6.54 Å². The van der Waals surface area contributed by atoms with Gasteiger partial charge in [-0.1, -0.05) is 6.92 Å². The van der Waals surface area contributed by atoms with Crippen molar-refractivity contribution in [3.63, 3.8) is 0 Å². The molecule has 0 amide bonds. The normalized spacial score (nSPS) is 10.5. The lowest BCUT2D eigenvalue weighted by Gasteiger charge is -1.94. The summed E-state index contributed by atoms with van der Waals surface area (Å²) in [5.41, 5.74) is 5.39. The van der Waals surface area contributed by atoms with Crippen LogP contribution in [-0.4, -0.2) is 6.54 Å². The Morgan fingerprint density at radius 2 is 2.00 bits per heavy atom. The Morgan fingerprint density at radius 1 is 1.25 bits per heavy atom. The van der Waals surface area contributed by atoms with Crippen LogP contribution in [0.1, 0.15) is 31.3 Å². The molecule has 2 nitrogen and oxygen atoms in total. The Bertz CT molecular complexity index is 217. The van der Waals surface area contributed by atoms with E-state index in [1.165, 1.54) is 0 Å². The zero-order chi connectivity index (χ0) is 8.81. The molecule has 1 aromatic heterocycles. The van der Waals surface area contributed by atoms with Crippen molar-refractivity contribution in [3.8, 4) is 0 Å². The van der Waals surface area contributed by atoms with Crippen molar-refractivity contribution < 1.29 is 4.42 Å². The predicted octanol–water partition coefficient (Wildman–Crippen LogP) is 2.12. The third-order valence-electron chi connectivity index (χ3n) is 1.94. The summed E-state index contributed by atoms with van der Waals surface area (Å²) in [4.78, 5) is 0. The minimum atomic E-state index is 0.779. The standard InChI is InChI=1S/C10H17NO/c1-2-9-6-7-10(12-9)5-3-4-8-11/h6-7H,2-5,8,11H2,1H3. The maximum Gasteiger partial charge on any atom is 0.104 e. The molecule has 0 aliphatic rings. The molecule has 1 aromatic rings. The zero-order valence-electron chi connectivity index (χ0n) is 7.68. The molecule has 12 heavy (non-hydrogen) atoms. The molecule has 0 aromatic carbocycles. The first-order valence-electron chi connectivity index (χ1n) is 4.64. The van der Waals surface area contributed by atoms with Gasteiger partial charge in [-0.05, 0) is 31.5 Å². The van der Waals surface area contributed by atoms with Crippen molar-refractivity contribution in [3.05, 3.63) is 23.7 Å². The Morgan fingerprint density at radius 3 is 2.58 bits per heavy atom. The summed E-state index contributed by atoms with van der Waals surface area (Å²) < 4.78 is 5.54. The predicted molar refractivity (Wildman–Crippen MR) is 50.1 cm³/mol. The highest BCUT2D eigenvalue weighted by Crippen LogP contribution is 2.10. The van der Waals surface area contributed by atoms with Gasteiger partial charge < -0.3 is 10.2 Å². The molecule has 0 fully saturated rings. The minimum Gasteiger partial charge on any atom is -0.466 e. The second kappa shape index (κ2) is 4.99. The fraction of sp³-hybridized carbons (Fsp3) is 0.600. The van der Waals surface area contributed by atoms with Crippen LogP contribution < -0.4 is 5.73 Å². The van der Waals surface area contributed by atoms with Crippen LogP contribution in [0.15, 0.2) is 16.5 Å². The first-order valence-corrected chi connectivity index (χ1v) is 4.64. The fourth-order valence-corrected chi connectivity index (χ4v) is 1.19. The first-order chi connectivity index (χ1) is 5.86. The van der Waals surface area contributed by atoms with Crippen molar-refractivity contribution in [1.29, 1.82) is 0 Å². The molecule has 68 valence electrons. The number of rotatable bonds is 5. The molecule has 0 spiro atoms. The summed E-state index contributed by atoms with van der Waals surface area (Å²) in [6.45, 7) is 2.88. The topological polar surface area (TPSA) is 39.2 Å². The van der Waals surface area contributed by atoms with E-state index in [9.17, 15) is 0 Å². The molecule has 1 heterocycles. The minimum absolute atomic E-state index is 0.779. The van der Waals surface area contributed by atoms with Gasteiger partial charge in [0.05, 0.1) is 0 Å². The van der Waals surface area contributed by atoms with Crippen molar-refractivity contribution in [2.45, 2.75) is 32.6 Å². The van der Waals surface area contributed by atoms with Crippen LogP contribution in [0.4, 0.5) is 0 Å². The van der Waals surface area contributed by atoms with Crippen LogP contribution in [0.5, 0.6) is 0 Å². The maximum absolute atomic E-state index is 5.54. The smallest absolute Gasteiger partial charge is 0.104 e. The molecule has 0 unspecified atom stereocenters. The van der Waals surface area contributed by atoms with E-state index in [0.717, 1.165) is 43.7 Å². The summed E-state index contributed by atoms with van der Waals surface area (Å²) in [5, 5.41) is 0. The number of unbranched alkanes of at least 4 members (excludes halogenated alkanes) is 1. The third-order valence-corrected chi connectivity index (χ3v) is 1.94. The monoisotopic (exact) mass is 167 g/mol. The second-order valence-corrected chi connectivity index (χ2v) is 2.97. The average molecular weight is 167 g/mol. The average Bonchev–Trinajstić information content (AvgIpc) is 2.53. The molecule has 2 heteroatoms. The highest BCUT2D eigenvalue weighted by molar-refractivity contribution is 5.06. The number of hydrogen-bond acceptors (Lipinski definition) is 2. The van der Waals surface area contributed by atoms with Crippen molar-refractivity contribution in [1.82, 2.24) is 0 Å². The molecule has 0 bridgehead atoms. The largest absolute Gasteiger partial charge is 0.466 e. The van der Waals surface area contributed by atoms with Gasteiger partial charge in [0.15, 0.2) is 0 Å². The van der Waals surface area contributed by atoms with Gasteiger partial charge in [-0.3, -0.25) is 0 Å². The molecule has 0 radical (unpaired) electrons. The van der Waals surface area contributed by atoms with Crippen LogP contribution in [0.25, 0.3) is 0 Å². The molecular weight excluding hydrogens is 150 g/mol. The van der Waals surface area contributed by atoms with E-state index >= 15 is 0 Å². The van der Waals surface area contributed by atoms with E-state index in [1.807, 2.05) is 0 Å². The number of aryl methyl sites for hydroxylation is 2. The van der Waals surface area contributed by atoms with E-state index < -0.39 is 0 Å². The SMILES string of the molecule is CCc1ccc(CCCCN)o1. The van der Waals surface area contributed by atoms with E-state index in [1.54, 1.807) is 0 Å². The molecule has 0 saturated carbocycles. The van der Waals surface area contributed by atoms with Crippen molar-refractivity contribution in [2.24, 2.45) is 5.73 Å². The maximum atomic E-state index is 5.54. The number of furan rings is 1. The highest BCUT2D eigenvalue weighted by atomic mass is 16.3. The van der Waals surface area contributed by atoms with Gasteiger partial charge in [0.1, 0.15) is 11.5 Å². The molecule has 0 saturated heterocycles. The van der Waals surface area contributed by atoms with Gasteiger partial charge in [-0.25, -0.2) is 0 Å². The van der Waals surface area contributed by atoms with Gasteiger partial charge >= 0.3 is 0 Å². The Balaban J connectivity index is 2.31. The molecule has 0 atom stereocenters. The Labute approximate surface area is 73.8 Å². The van der Waals surface area contributed by atoms with E-state index in [2.05, 4.69) is 19.1 Å². The fourth-order valence-electron chi connectivity index (χ4n) is 1.19. The molecular formula is C10H17NO. The van der Waals surface area contributed by atoms with E-state index in [0.29, 0.717) is 0 Å². The summed E-state index contributed by atoms with van der Waals surface area (Å²) in [7, 11) is 0. The van der Waals surface area contributed by atoms with Crippen LogP contribution in [-0.2, 0) is 12.8 Å². The second-order valence-electron chi connectivity index (χ2n) is 2.97. The summed E-state index contributed by atoms with van der Waals surface area (Å²) in [5.74, 6) is 2.18. The number of hydrogen-bond donors (Lipinski definition) is 1. The van der Waals surface area contributed by atoms with Gasteiger partial charge in [0, 0.05) is 12.8 Å². The zero-order valence-corrected chi connectivity index (χ0v) is 7.68. The summed E-state index contributed by atoms with van der Waals surface area (Å²) in [6, 6.07) is 4.12. The van der Waals surface area contributed by atoms with Crippen LogP contribution in [0.3, 0.4) is 0 Å². The van der Waals surface area contributed by atoms with Gasteiger partial charge in [0.2, 0.25) is 0 Å². The van der Waals surface area contributed by atoms with Crippen LogP contribution in [0, 0.1) is 0 Å². The first kappa shape index (κ1) is 9.33. The van der Waals surface area contributed by atoms with Gasteiger partial charge in [-0.15, -0.1) is 0 Å². The quantitative estimate of drug-likeness (QED) is 0.682.